The average Bonchev–Trinajstić information content (AvgIpc) is 2.86. The summed E-state index contributed by atoms with van der Waals surface area (Å²) >= 11 is 0. The minimum absolute atomic E-state index is 0. The summed E-state index contributed by atoms with van der Waals surface area (Å²) in [6, 6.07) is 1.93. The highest BCUT2D eigenvalue weighted by Gasteiger charge is 2.19. The number of rotatable bonds is 5. The Morgan fingerprint density at radius 2 is 2.00 bits per heavy atom. The summed E-state index contributed by atoms with van der Waals surface area (Å²) in [5, 5.41) is 9.68. The number of hydrogen-bond acceptors (Lipinski definition) is 4. The number of anilines is 1. The first-order valence-electron chi connectivity index (χ1n) is 7.40. The number of nitrogens with one attached hydrogen (secondary N) is 2. The number of carbonyl (C=O) groups is 2. The number of aryl methyl sites for hydroxylation is 1. The first kappa shape index (κ1) is 18.4. The van der Waals surface area contributed by atoms with Gasteiger partial charge < -0.3 is 16.4 Å². The summed E-state index contributed by atoms with van der Waals surface area (Å²) in [5.74, 6) is 0.517. The van der Waals surface area contributed by atoms with Gasteiger partial charge in [-0.1, -0.05) is 19.3 Å². The summed E-state index contributed by atoms with van der Waals surface area (Å²) in [7, 11) is 1.81. The summed E-state index contributed by atoms with van der Waals surface area (Å²) in [4.78, 5) is 22.8. The van der Waals surface area contributed by atoms with E-state index in [4.69, 9.17) is 5.73 Å². The predicted molar refractivity (Wildman–Crippen MR) is 87.0 cm³/mol. The number of halogens is 1. The monoisotopic (exact) mass is 329 g/mol. The highest BCUT2D eigenvalue weighted by atomic mass is 35.5. The smallest absolute Gasteiger partial charge is 0.244 e. The fraction of sp³-hybridized carbons (Fsp3) is 0.643. The van der Waals surface area contributed by atoms with Crippen LogP contribution in [0.1, 0.15) is 43.7 Å². The molecule has 4 N–H and O–H groups in total. The maximum atomic E-state index is 11.8. The molecule has 1 heterocycles. The van der Waals surface area contributed by atoms with E-state index in [2.05, 4.69) is 15.7 Å². The van der Waals surface area contributed by atoms with Crippen molar-refractivity contribution in [1.29, 1.82) is 0 Å². The van der Waals surface area contributed by atoms with E-state index in [0.29, 0.717) is 11.7 Å². The number of hydrogen-bond donors (Lipinski definition) is 3. The van der Waals surface area contributed by atoms with Gasteiger partial charge in [0.05, 0.1) is 18.8 Å². The van der Waals surface area contributed by atoms with E-state index in [1.165, 1.54) is 19.3 Å². The van der Waals surface area contributed by atoms with E-state index in [-0.39, 0.29) is 37.3 Å². The van der Waals surface area contributed by atoms with E-state index in [9.17, 15) is 9.59 Å². The van der Waals surface area contributed by atoms with E-state index in [1.54, 1.807) is 11.7 Å². The van der Waals surface area contributed by atoms with Crippen LogP contribution in [0.15, 0.2) is 6.07 Å². The van der Waals surface area contributed by atoms with E-state index >= 15 is 0 Å². The molecule has 1 saturated carbocycles. The molecule has 8 heteroatoms. The molecule has 0 atom stereocenters. The van der Waals surface area contributed by atoms with Crippen LogP contribution in [0.4, 0.5) is 5.82 Å². The molecule has 2 rings (SSSR count). The Kier molecular flexibility index (Phi) is 7.34. The lowest BCUT2D eigenvalue weighted by Gasteiger charge is -2.19. The molecule has 0 bridgehead atoms. The van der Waals surface area contributed by atoms with Gasteiger partial charge in [-0.3, -0.25) is 14.3 Å². The summed E-state index contributed by atoms with van der Waals surface area (Å²) in [6.45, 7) is -0.204. The van der Waals surface area contributed by atoms with Gasteiger partial charge in [-0.15, -0.1) is 12.4 Å². The van der Waals surface area contributed by atoms with Gasteiger partial charge in [0, 0.05) is 19.0 Å². The first-order chi connectivity index (χ1) is 10.1. The van der Waals surface area contributed by atoms with Crippen molar-refractivity contribution in [2.24, 2.45) is 12.8 Å². The van der Waals surface area contributed by atoms with Gasteiger partial charge in [-0.2, -0.15) is 5.10 Å². The third-order valence-corrected chi connectivity index (χ3v) is 3.82. The van der Waals surface area contributed by atoms with Crippen molar-refractivity contribution in [2.75, 3.05) is 18.4 Å². The number of nitrogens with two attached hydrogens (primary N) is 1. The van der Waals surface area contributed by atoms with Gasteiger partial charge in [0.25, 0.3) is 0 Å². The Bertz CT molecular complexity index is 511. The van der Waals surface area contributed by atoms with Crippen LogP contribution in [-0.4, -0.2) is 34.7 Å². The standard InChI is InChI=1S/C14H23N5O2.ClH/c1-19-12(17-14(21)9-16-13(20)8-15)7-11(18-19)10-5-3-2-4-6-10;/h7,10H,2-6,8-9,15H2,1H3,(H,16,20)(H,17,21);1H. The van der Waals surface area contributed by atoms with Gasteiger partial charge in [0.15, 0.2) is 0 Å². The second kappa shape index (κ2) is 8.75. The van der Waals surface area contributed by atoms with Crippen LogP contribution in [0.3, 0.4) is 0 Å². The summed E-state index contributed by atoms with van der Waals surface area (Å²) in [6.07, 6.45) is 6.11. The molecule has 0 aromatic carbocycles. The molecule has 2 amide bonds. The fourth-order valence-electron chi connectivity index (χ4n) is 2.64. The fourth-order valence-corrected chi connectivity index (χ4v) is 2.64. The maximum Gasteiger partial charge on any atom is 0.244 e. The topological polar surface area (TPSA) is 102 Å². The summed E-state index contributed by atoms with van der Waals surface area (Å²) < 4.78 is 1.67. The molecule has 1 fully saturated rings. The van der Waals surface area contributed by atoms with Crippen LogP contribution in [0, 0.1) is 0 Å². The van der Waals surface area contributed by atoms with Crippen LogP contribution in [0.2, 0.25) is 0 Å². The molecule has 0 aliphatic heterocycles. The van der Waals surface area contributed by atoms with E-state index < -0.39 is 0 Å². The van der Waals surface area contributed by atoms with Crippen LogP contribution in [0.25, 0.3) is 0 Å². The molecule has 1 aliphatic rings. The lowest BCUT2D eigenvalue weighted by molar-refractivity contribution is -0.123. The van der Waals surface area contributed by atoms with Crippen LogP contribution < -0.4 is 16.4 Å². The molecule has 0 saturated heterocycles. The first-order valence-corrected chi connectivity index (χ1v) is 7.40. The third kappa shape index (κ3) is 4.99. The predicted octanol–water partition coefficient (Wildman–Crippen LogP) is 0.903. The van der Waals surface area contributed by atoms with Crippen molar-refractivity contribution in [3.8, 4) is 0 Å². The molecular weight excluding hydrogens is 306 g/mol. The quantitative estimate of drug-likeness (QED) is 0.747. The van der Waals surface area contributed by atoms with Gasteiger partial charge in [-0.05, 0) is 12.8 Å². The van der Waals surface area contributed by atoms with Crippen molar-refractivity contribution < 1.29 is 9.59 Å². The highest BCUT2D eigenvalue weighted by molar-refractivity contribution is 5.94. The van der Waals surface area contributed by atoms with E-state index in [1.807, 2.05) is 6.07 Å². The normalized spacial score (nSPS) is 15.0. The van der Waals surface area contributed by atoms with Gasteiger partial charge in [0.2, 0.25) is 11.8 Å². The van der Waals surface area contributed by atoms with Crippen molar-refractivity contribution >= 4 is 30.0 Å². The highest BCUT2D eigenvalue weighted by Crippen LogP contribution is 2.32. The Labute approximate surface area is 136 Å². The molecule has 0 spiro atoms. The number of nitrogens with zero attached hydrogens (tertiary/aromatic N) is 2. The second-order valence-electron chi connectivity index (χ2n) is 5.44. The minimum atomic E-state index is -0.349. The zero-order valence-corrected chi connectivity index (χ0v) is 13.6. The summed E-state index contributed by atoms with van der Waals surface area (Å²) in [5.41, 5.74) is 6.20. The van der Waals surface area contributed by atoms with Crippen molar-refractivity contribution in [1.82, 2.24) is 15.1 Å². The average molecular weight is 330 g/mol. The van der Waals surface area contributed by atoms with Gasteiger partial charge in [-0.25, -0.2) is 0 Å². The zero-order chi connectivity index (χ0) is 15.2. The Balaban J connectivity index is 0.00000242. The molecule has 7 nitrogen and oxygen atoms in total. The second-order valence-corrected chi connectivity index (χ2v) is 5.44. The maximum absolute atomic E-state index is 11.8. The van der Waals surface area contributed by atoms with Crippen LogP contribution in [-0.2, 0) is 16.6 Å². The van der Waals surface area contributed by atoms with Crippen molar-refractivity contribution in [2.45, 2.75) is 38.0 Å². The number of aromatic nitrogens is 2. The van der Waals surface area contributed by atoms with Gasteiger partial charge in [0.1, 0.15) is 5.82 Å². The largest absolute Gasteiger partial charge is 0.346 e. The van der Waals surface area contributed by atoms with Crippen LogP contribution >= 0.6 is 12.4 Å². The SMILES string of the molecule is Cl.Cn1nc(C2CCCCC2)cc1NC(=O)CNC(=O)CN. The Morgan fingerprint density at radius 3 is 2.64 bits per heavy atom. The molecule has 0 radical (unpaired) electrons. The molecule has 1 aromatic rings. The van der Waals surface area contributed by atoms with Crippen LogP contribution in [0.5, 0.6) is 0 Å². The van der Waals surface area contributed by atoms with Crippen molar-refractivity contribution in [3.05, 3.63) is 11.8 Å². The molecule has 1 aromatic heterocycles. The number of amides is 2. The molecule has 124 valence electrons. The molecular formula is C14H24ClN5O2. The lowest BCUT2D eigenvalue weighted by Crippen LogP contribution is -2.36. The number of carbonyl (C=O) groups excluding carboxylic acids is 2. The molecule has 0 unspecified atom stereocenters. The minimum Gasteiger partial charge on any atom is -0.346 e. The van der Waals surface area contributed by atoms with Gasteiger partial charge >= 0.3 is 0 Å². The lowest BCUT2D eigenvalue weighted by atomic mass is 9.87. The van der Waals surface area contributed by atoms with Crippen molar-refractivity contribution in [3.63, 3.8) is 0 Å². The Morgan fingerprint density at radius 1 is 1.32 bits per heavy atom. The third-order valence-electron chi connectivity index (χ3n) is 3.82. The zero-order valence-electron chi connectivity index (χ0n) is 12.8. The molecule has 1 aliphatic carbocycles. The molecule has 22 heavy (non-hydrogen) atoms. The Hall–Kier alpha value is -1.60. The van der Waals surface area contributed by atoms with E-state index in [0.717, 1.165) is 18.5 Å².